The lowest BCUT2D eigenvalue weighted by molar-refractivity contribution is -0.334. The number of carbonyl (C=O) groups excluding carboxylic acids is 7. The van der Waals surface area contributed by atoms with E-state index >= 15 is 24.0 Å². The zero-order valence-corrected chi connectivity index (χ0v) is 69.2. The highest BCUT2D eigenvalue weighted by atomic mass is 35.5. The van der Waals surface area contributed by atoms with Gasteiger partial charge in [-0.1, -0.05) is 92.9 Å². The van der Waals surface area contributed by atoms with E-state index in [1.807, 2.05) is 38.1 Å². The lowest BCUT2D eigenvalue weighted by Gasteiger charge is -2.48. The molecule has 3 fully saturated rings. The van der Waals surface area contributed by atoms with E-state index in [1.54, 1.807) is 13.8 Å². The van der Waals surface area contributed by atoms with Crippen LogP contribution in [0.1, 0.15) is 156 Å². The third-order valence-corrected chi connectivity index (χ3v) is 23.2. The van der Waals surface area contributed by atoms with Gasteiger partial charge in [0.05, 0.1) is 53.5 Å². The number of fused-ring (bicyclic) bond motifs is 15. The van der Waals surface area contributed by atoms with Gasteiger partial charge in [-0.3, -0.25) is 33.6 Å². The van der Waals surface area contributed by atoms with Gasteiger partial charge in [-0.15, -0.1) is 0 Å². The molecule has 122 heavy (non-hydrogen) atoms. The highest BCUT2D eigenvalue weighted by molar-refractivity contribution is 6.32. The fourth-order valence-electron chi connectivity index (χ4n) is 15.9. The van der Waals surface area contributed by atoms with Crippen LogP contribution in [0.15, 0.2) is 103 Å². The number of halogens is 2. The predicted molar refractivity (Wildman–Crippen MR) is 433 cm³/mol. The van der Waals surface area contributed by atoms with Crippen LogP contribution >= 0.6 is 23.2 Å². The minimum atomic E-state index is -2.39. The largest absolute Gasteiger partial charge is 0.508 e. The van der Waals surface area contributed by atoms with Crippen molar-refractivity contribution >= 4 is 70.5 Å². The van der Waals surface area contributed by atoms with Crippen molar-refractivity contribution in [2.24, 2.45) is 17.4 Å². The summed E-state index contributed by atoms with van der Waals surface area (Å²) in [7, 11) is 1.48. The molecule has 36 nitrogen and oxygen atoms in total. The normalized spacial score (nSPS) is 30.2. The fourth-order valence-corrected chi connectivity index (χ4v) is 16.4. The van der Waals surface area contributed by atoms with Crippen LogP contribution in [0.4, 0.5) is 0 Å². The maximum atomic E-state index is 16.5. The molecule has 0 saturated carbocycles. The fraction of sp³-hybridized carbons (Fsp3) is 0.476. The number of aryl methyl sites for hydroxylation is 1. The van der Waals surface area contributed by atoms with E-state index in [9.17, 15) is 65.4 Å². The molecular formula is C84H102Cl2N10O26. The summed E-state index contributed by atoms with van der Waals surface area (Å²) in [5.41, 5.74) is 9.09. The van der Waals surface area contributed by atoms with Crippen LogP contribution in [0.2, 0.25) is 10.0 Å². The molecule has 3 saturated heterocycles. The Bertz CT molecular complexity index is 4910. The van der Waals surface area contributed by atoms with Crippen molar-refractivity contribution in [1.29, 1.82) is 0 Å². The average Bonchev–Trinajstić information content (AvgIpc) is 0.766. The van der Waals surface area contributed by atoms with E-state index in [2.05, 4.69) is 49.5 Å². The van der Waals surface area contributed by atoms with Crippen LogP contribution in [0.25, 0.3) is 11.1 Å². The van der Waals surface area contributed by atoms with E-state index in [1.165, 1.54) is 51.2 Å². The highest BCUT2D eigenvalue weighted by Gasteiger charge is 2.53. The second-order valence-corrected chi connectivity index (χ2v) is 33.3. The molecule has 14 rings (SSSR count). The van der Waals surface area contributed by atoms with Crippen molar-refractivity contribution < 1.29 is 127 Å². The summed E-state index contributed by atoms with van der Waals surface area (Å²) in [4.78, 5) is 121. The summed E-state index contributed by atoms with van der Waals surface area (Å²) in [6.07, 6.45) is -19.8. The van der Waals surface area contributed by atoms with Gasteiger partial charge in [-0.2, -0.15) is 0 Å². The monoisotopic (exact) mass is 1740 g/mol. The van der Waals surface area contributed by atoms with Crippen LogP contribution in [-0.4, -0.2) is 215 Å². The zero-order valence-electron chi connectivity index (χ0n) is 67.7. The number of nitrogens with two attached hydrogens (primary N) is 2. The Morgan fingerprint density at radius 3 is 1.89 bits per heavy atom. The molecular weight excluding hydrogens is 1640 g/mol. The molecule has 0 aliphatic carbocycles. The Kier molecular flexibility index (Phi) is 28.3. The third-order valence-electron chi connectivity index (χ3n) is 22.6. The maximum Gasteiger partial charge on any atom is 0.330 e. The number of carbonyl (C=O) groups is 8. The molecule has 0 spiro atoms. The van der Waals surface area contributed by atoms with E-state index < -0.39 is 261 Å². The zero-order chi connectivity index (χ0) is 88.4. The molecule has 22 atom stereocenters. The topological polar surface area (TPSA) is 561 Å². The van der Waals surface area contributed by atoms with Gasteiger partial charge in [-0.05, 0) is 148 Å². The number of aliphatic hydroxyl groups is 6. The van der Waals surface area contributed by atoms with E-state index in [0.29, 0.717) is 0 Å². The lowest BCUT2D eigenvalue weighted by Crippen LogP contribution is -2.65. The van der Waals surface area contributed by atoms with E-state index in [4.69, 9.17) is 72.6 Å². The Morgan fingerprint density at radius 1 is 0.664 bits per heavy atom. The minimum Gasteiger partial charge on any atom is -0.508 e. The van der Waals surface area contributed by atoms with Crippen LogP contribution in [0.3, 0.4) is 0 Å². The highest BCUT2D eigenvalue weighted by Crippen LogP contribution is 2.51. The molecule has 8 aliphatic heterocycles. The predicted octanol–water partition coefficient (Wildman–Crippen LogP) is 3.52. The first-order chi connectivity index (χ1) is 57.8. The average molecular weight is 1740 g/mol. The second kappa shape index (κ2) is 37.9. The summed E-state index contributed by atoms with van der Waals surface area (Å²) in [5.74, 6) is -16.0. The number of carboxylic acid groups (broad SMARTS) is 1. The van der Waals surface area contributed by atoms with Crippen LogP contribution < -0.4 is 68.2 Å². The summed E-state index contributed by atoms with van der Waals surface area (Å²) in [6, 6.07) is 7.68. The van der Waals surface area contributed by atoms with Crippen molar-refractivity contribution in [3.8, 4) is 57.1 Å². The minimum absolute atomic E-state index is 0.114. The van der Waals surface area contributed by atoms with Gasteiger partial charge >= 0.3 is 5.97 Å². The molecule has 7 amide bonds. The van der Waals surface area contributed by atoms with Gasteiger partial charge in [0.25, 0.3) is 0 Å². The third kappa shape index (κ3) is 20.1. The van der Waals surface area contributed by atoms with Gasteiger partial charge in [0.15, 0.2) is 36.2 Å². The van der Waals surface area contributed by atoms with Crippen molar-refractivity contribution in [3.63, 3.8) is 0 Å². The number of amides is 7. The molecule has 11 bridgehead atoms. The molecule has 8 heterocycles. The standard InChI is InChI=1S/C84H102Cl2N10O26/c1-9-10-11-38-12-14-39(15-13-38)33-90-84(7)32-60(116-37(5)74(84)106)121-72-69(104)68(103)57(34-97)119-82(72)122-71-55-26-43-27-56(71)118-54-21-18-42(25-48(54)86)70(120-59-31-83(6,88)73(105)36(4)115-59)66-80(112)94-64(81(113)114)46-28-44(98)29-52(100)61(46)45-23-40(16-19-51(45)99)62(77(109)96-66)93-78(110)63(43)92-76(108)50(30-58(87)101)91-79(111)65(95-75(107)49(89-8)22-35(2)3)67(102)41-17-20-53(117-55)47(85)24-41/h12-21,23-29,35-37,49-50,57,59-60,62-70,72-74,82,89-90,97-100,102-106H,9-11,22,30-34,88H2,1-8H3,(H2,87,101)(H,91,111)(H,92,108)(H,93,110)(H,94,112)(H,95,107)(H,96,109)(H,113,114)/t36-,37-,49+,50-,57+,59-,60-,62+,63+,64-,65+,66-,67+,68+,69-,70+,72+,73-,74-,82-,83-,84-/m0/s1. The number of aromatic hydroxyl groups is 3. The van der Waals surface area contributed by atoms with Gasteiger partial charge in [0.2, 0.25) is 53.4 Å². The number of primary amides is 1. The number of aliphatic carboxylic acids is 1. The molecule has 0 aromatic heterocycles. The quantitative estimate of drug-likeness (QED) is 0.0490. The molecule has 8 aliphatic rings. The number of likely N-dealkylation sites (N-methyl/N-ethyl adjacent to an activating group) is 1. The van der Waals surface area contributed by atoms with Gasteiger partial charge in [0, 0.05) is 53.2 Å². The maximum absolute atomic E-state index is 16.5. The number of carboxylic acids is 1. The van der Waals surface area contributed by atoms with Crippen molar-refractivity contribution in [3.05, 3.63) is 152 Å². The van der Waals surface area contributed by atoms with Crippen LogP contribution in [-0.2, 0) is 75.0 Å². The van der Waals surface area contributed by atoms with Crippen molar-refractivity contribution in [2.45, 2.75) is 233 Å². The smallest absolute Gasteiger partial charge is 0.330 e. The number of benzene rings is 6. The van der Waals surface area contributed by atoms with Gasteiger partial charge < -0.3 is 143 Å². The Hall–Kier alpha value is -10.1. The van der Waals surface area contributed by atoms with E-state index in [-0.39, 0.29) is 59.2 Å². The molecule has 22 N–H and O–H groups in total. The van der Waals surface area contributed by atoms with Gasteiger partial charge in [0.1, 0.15) is 89.5 Å². The number of ether oxygens (including phenoxy) is 8. The molecule has 0 radical (unpaired) electrons. The number of rotatable bonds is 21. The Balaban J connectivity index is 1.09. The van der Waals surface area contributed by atoms with E-state index in [0.717, 1.165) is 78.9 Å². The Morgan fingerprint density at radius 2 is 1.27 bits per heavy atom. The lowest BCUT2D eigenvalue weighted by atomic mass is 9.84. The summed E-state index contributed by atoms with van der Waals surface area (Å²) in [5, 5.41) is 137. The molecule has 38 heteroatoms. The SMILES string of the molecule is CCCCc1ccc(CN[C@@]2(C)C[C@H](O[C@H]3[C@H](Oc4c5cc6cc4Oc4ccc(cc4Cl)[C@@H](O[C@H]4C[C@](C)(N)[C@@H](O)[C@H](C)O4)[C@@H]4NC(=O)[C@H](NC(=O)[C@@H]6NC(=O)[C@H](CC(N)=O)NC(=O)[C@H](NC(=O)[C@@H](CC(C)C)NC)[C@H](O)c6ccc(c(Cl)c6)O5)c5ccc(O)c(c5)-c5c(O)cc(O)cc5[C@@H](C(=O)O)NC4=O)O[C@H](CO)[C@@H](O)[C@@H]3O)O[C@@H](C)[C@@H]2O)cc1. The number of nitrogens with one attached hydrogen (secondary N) is 8. The van der Waals surface area contributed by atoms with Crippen LogP contribution in [0, 0.1) is 5.92 Å². The molecule has 0 unspecified atom stereocenters. The van der Waals surface area contributed by atoms with Crippen molar-refractivity contribution in [1.82, 2.24) is 42.5 Å². The molecule has 6 aromatic carbocycles. The summed E-state index contributed by atoms with van der Waals surface area (Å²) < 4.78 is 52.9. The number of hydrogen-bond donors (Lipinski definition) is 20. The number of phenols is 3. The molecule has 658 valence electrons. The summed E-state index contributed by atoms with van der Waals surface area (Å²) in [6.45, 7) is 11.3. The second-order valence-electron chi connectivity index (χ2n) is 32.4. The summed E-state index contributed by atoms with van der Waals surface area (Å²) >= 11 is 14.6. The first-order valence-electron chi connectivity index (χ1n) is 39.9. The van der Waals surface area contributed by atoms with Gasteiger partial charge in [-0.25, -0.2) is 4.79 Å². The first-order valence-corrected chi connectivity index (χ1v) is 40.6. The van der Waals surface area contributed by atoms with Crippen molar-refractivity contribution in [2.75, 3.05) is 13.7 Å². The number of unbranched alkanes of at least 4 members (excludes halogenated alkanes) is 1. The van der Waals surface area contributed by atoms with Crippen LogP contribution in [0.5, 0.6) is 46.0 Å². The number of hydrogen-bond acceptors (Lipinski definition) is 28. The molecule has 6 aromatic rings. The first kappa shape index (κ1) is 91.1. The Labute approximate surface area is 710 Å². The number of phenolic OH excluding ortho intramolecular Hbond substituents is 3. The number of aliphatic hydroxyl groups excluding tert-OH is 6.